The van der Waals surface area contributed by atoms with Crippen LogP contribution in [0.4, 0.5) is 10.1 Å². The normalized spacial score (nSPS) is 15.8. The first kappa shape index (κ1) is 22.4. The number of nitrogens with zero attached hydrogens (tertiary/aromatic N) is 1. The lowest BCUT2D eigenvalue weighted by Gasteiger charge is -2.25. The zero-order valence-corrected chi connectivity index (χ0v) is 19.4. The number of anilines is 1. The predicted molar refractivity (Wildman–Crippen MR) is 126 cm³/mol. The number of halogens is 1. The summed E-state index contributed by atoms with van der Waals surface area (Å²) in [7, 11) is 0. The molecule has 0 spiro atoms. The van der Waals surface area contributed by atoms with E-state index >= 15 is 0 Å². The van der Waals surface area contributed by atoms with Crippen molar-refractivity contribution in [1.82, 2.24) is 4.90 Å². The summed E-state index contributed by atoms with van der Waals surface area (Å²) >= 11 is 1.26. The molecule has 0 saturated carbocycles. The van der Waals surface area contributed by atoms with Crippen molar-refractivity contribution in [2.75, 3.05) is 25.0 Å². The van der Waals surface area contributed by atoms with E-state index in [1.807, 2.05) is 38.1 Å². The minimum Gasteiger partial charge on any atom is -0.376 e. The maximum Gasteiger partial charge on any atom is 0.264 e. The highest BCUT2D eigenvalue weighted by Crippen LogP contribution is 2.33. The van der Waals surface area contributed by atoms with Gasteiger partial charge in [-0.2, -0.15) is 0 Å². The lowest BCUT2D eigenvalue weighted by atomic mass is 10.1. The molecule has 1 fully saturated rings. The molecule has 32 heavy (non-hydrogen) atoms. The maximum atomic E-state index is 14.4. The molecule has 1 N–H and O–H groups in total. The largest absolute Gasteiger partial charge is 0.376 e. The van der Waals surface area contributed by atoms with Gasteiger partial charge >= 0.3 is 0 Å². The van der Waals surface area contributed by atoms with E-state index in [1.165, 1.54) is 22.3 Å². The minimum absolute atomic E-state index is 0.0950. The number of ether oxygens (including phenoxy) is 1. The van der Waals surface area contributed by atoms with Crippen molar-refractivity contribution in [2.45, 2.75) is 39.7 Å². The van der Waals surface area contributed by atoms with E-state index in [0.717, 1.165) is 34.4 Å². The fourth-order valence-corrected chi connectivity index (χ4v) is 5.29. The van der Waals surface area contributed by atoms with Gasteiger partial charge in [-0.05, 0) is 68.5 Å². The molecule has 0 radical (unpaired) electrons. The number of benzene rings is 2. The number of aryl methyl sites for hydroxylation is 2. The summed E-state index contributed by atoms with van der Waals surface area (Å²) in [5.74, 6) is -0.877. The lowest BCUT2D eigenvalue weighted by Crippen LogP contribution is -2.42. The fourth-order valence-electron chi connectivity index (χ4n) is 4.10. The van der Waals surface area contributed by atoms with Gasteiger partial charge in [-0.1, -0.05) is 18.2 Å². The second-order valence-electron chi connectivity index (χ2n) is 8.29. The Kier molecular flexibility index (Phi) is 6.58. The Bertz CT molecular complexity index is 1170. The Hall–Kier alpha value is -2.77. The first-order chi connectivity index (χ1) is 15.3. The Morgan fingerprint density at radius 3 is 2.66 bits per heavy atom. The predicted octanol–water partition coefficient (Wildman–Crippen LogP) is 5.23. The van der Waals surface area contributed by atoms with Crippen LogP contribution in [0.2, 0.25) is 0 Å². The number of amides is 2. The van der Waals surface area contributed by atoms with Gasteiger partial charge < -0.3 is 15.0 Å². The van der Waals surface area contributed by atoms with Crippen LogP contribution < -0.4 is 5.32 Å². The zero-order chi connectivity index (χ0) is 22.8. The van der Waals surface area contributed by atoms with Gasteiger partial charge in [0, 0.05) is 28.9 Å². The summed E-state index contributed by atoms with van der Waals surface area (Å²) in [5.41, 5.74) is 3.42. The average Bonchev–Trinajstić information content (AvgIpc) is 3.39. The Morgan fingerprint density at radius 2 is 1.94 bits per heavy atom. The summed E-state index contributed by atoms with van der Waals surface area (Å²) in [6.07, 6.45) is 1.69. The molecule has 4 rings (SSSR count). The molecular formula is C25H27FN2O3S. The number of carbonyl (C=O) groups is 2. The average molecular weight is 455 g/mol. The highest BCUT2D eigenvalue weighted by molar-refractivity contribution is 7.21. The number of hydrogen-bond acceptors (Lipinski definition) is 4. The van der Waals surface area contributed by atoms with Crippen molar-refractivity contribution >= 4 is 38.9 Å². The molecule has 1 saturated heterocycles. The third-order valence-corrected chi connectivity index (χ3v) is 7.29. The van der Waals surface area contributed by atoms with Crippen LogP contribution >= 0.6 is 11.3 Å². The summed E-state index contributed by atoms with van der Waals surface area (Å²) in [4.78, 5) is 28.4. The van der Waals surface area contributed by atoms with Crippen molar-refractivity contribution in [2.24, 2.45) is 0 Å². The van der Waals surface area contributed by atoms with Crippen molar-refractivity contribution in [1.29, 1.82) is 0 Å². The highest BCUT2D eigenvalue weighted by atomic mass is 32.1. The molecule has 0 aliphatic carbocycles. The number of hydrogen-bond donors (Lipinski definition) is 1. The highest BCUT2D eigenvalue weighted by Gasteiger charge is 2.28. The molecule has 1 aromatic heterocycles. The van der Waals surface area contributed by atoms with Gasteiger partial charge in [-0.15, -0.1) is 11.3 Å². The van der Waals surface area contributed by atoms with E-state index in [0.29, 0.717) is 29.0 Å². The second-order valence-corrected chi connectivity index (χ2v) is 9.34. The van der Waals surface area contributed by atoms with Gasteiger partial charge in [0.2, 0.25) is 5.91 Å². The molecule has 2 heterocycles. The first-order valence-electron chi connectivity index (χ1n) is 10.8. The van der Waals surface area contributed by atoms with Gasteiger partial charge in [0.15, 0.2) is 0 Å². The Labute approximate surface area is 191 Å². The molecule has 2 amide bonds. The van der Waals surface area contributed by atoms with E-state index in [4.69, 9.17) is 4.74 Å². The van der Waals surface area contributed by atoms with E-state index in [1.54, 1.807) is 13.0 Å². The molecule has 1 unspecified atom stereocenters. The van der Waals surface area contributed by atoms with Gasteiger partial charge in [-0.3, -0.25) is 9.59 Å². The van der Waals surface area contributed by atoms with Crippen LogP contribution in [0.25, 0.3) is 10.1 Å². The maximum absolute atomic E-state index is 14.4. The molecule has 1 atom stereocenters. The van der Waals surface area contributed by atoms with Crippen molar-refractivity contribution in [3.8, 4) is 0 Å². The molecule has 3 aromatic rings. The molecule has 0 bridgehead atoms. The van der Waals surface area contributed by atoms with Gasteiger partial charge in [0.05, 0.1) is 11.0 Å². The number of carbonyl (C=O) groups excluding carboxylic acids is 2. The zero-order valence-electron chi connectivity index (χ0n) is 18.5. The number of rotatable bonds is 6. The smallest absolute Gasteiger partial charge is 0.264 e. The monoisotopic (exact) mass is 454 g/mol. The van der Waals surface area contributed by atoms with Crippen LogP contribution in [0.3, 0.4) is 0 Å². The van der Waals surface area contributed by atoms with E-state index in [2.05, 4.69) is 5.32 Å². The quantitative estimate of drug-likeness (QED) is 0.555. The molecule has 5 nitrogen and oxygen atoms in total. The van der Waals surface area contributed by atoms with Gasteiger partial charge in [-0.25, -0.2) is 4.39 Å². The van der Waals surface area contributed by atoms with E-state index in [9.17, 15) is 14.0 Å². The summed E-state index contributed by atoms with van der Waals surface area (Å²) in [5, 5.41) is 3.40. The molecule has 7 heteroatoms. The summed E-state index contributed by atoms with van der Waals surface area (Å²) in [6, 6.07) is 10.6. The Morgan fingerprint density at radius 1 is 1.16 bits per heavy atom. The summed E-state index contributed by atoms with van der Waals surface area (Å²) < 4.78 is 20.8. The minimum atomic E-state index is -0.339. The third kappa shape index (κ3) is 4.54. The standard InChI is InChI=1S/C25H27FN2O3S/c1-15-7-4-10-20(16(15)2)27-22(29)14-28(13-18-8-6-12-31-18)25(30)24-17(3)23-19(26)9-5-11-21(23)32-24/h4-5,7,9-11,18H,6,8,12-14H2,1-3H3,(H,27,29). The van der Waals surface area contributed by atoms with E-state index in [-0.39, 0.29) is 30.3 Å². The fraction of sp³-hybridized carbons (Fsp3) is 0.360. The van der Waals surface area contributed by atoms with Gasteiger partial charge in [0.1, 0.15) is 12.4 Å². The SMILES string of the molecule is Cc1cccc(NC(=O)CN(CC2CCCO2)C(=O)c2sc3cccc(F)c3c2C)c1C. The van der Waals surface area contributed by atoms with Crippen LogP contribution in [0.1, 0.15) is 39.2 Å². The van der Waals surface area contributed by atoms with Gasteiger partial charge in [0.25, 0.3) is 5.91 Å². The number of nitrogens with one attached hydrogen (secondary N) is 1. The summed E-state index contributed by atoms with van der Waals surface area (Å²) in [6.45, 7) is 6.60. The molecular weight excluding hydrogens is 427 g/mol. The molecule has 2 aromatic carbocycles. The molecule has 1 aliphatic rings. The van der Waals surface area contributed by atoms with Crippen LogP contribution in [0.5, 0.6) is 0 Å². The number of fused-ring (bicyclic) bond motifs is 1. The first-order valence-corrected chi connectivity index (χ1v) is 11.6. The molecule has 1 aliphatic heterocycles. The lowest BCUT2D eigenvalue weighted by molar-refractivity contribution is -0.117. The van der Waals surface area contributed by atoms with Crippen LogP contribution in [0, 0.1) is 26.6 Å². The van der Waals surface area contributed by atoms with Crippen LogP contribution in [-0.4, -0.2) is 42.5 Å². The van der Waals surface area contributed by atoms with Crippen molar-refractivity contribution < 1.29 is 18.7 Å². The number of thiophene rings is 1. The second kappa shape index (κ2) is 9.38. The van der Waals surface area contributed by atoms with E-state index < -0.39 is 0 Å². The Balaban J connectivity index is 1.59. The topological polar surface area (TPSA) is 58.6 Å². The van der Waals surface area contributed by atoms with Crippen molar-refractivity contribution in [3.63, 3.8) is 0 Å². The third-order valence-electron chi connectivity index (χ3n) is 6.05. The van der Waals surface area contributed by atoms with Crippen LogP contribution in [0.15, 0.2) is 36.4 Å². The van der Waals surface area contributed by atoms with Crippen LogP contribution in [-0.2, 0) is 9.53 Å². The molecule has 168 valence electrons. The van der Waals surface area contributed by atoms with Crippen molar-refractivity contribution in [3.05, 3.63) is 63.8 Å².